The van der Waals surface area contributed by atoms with Crippen molar-refractivity contribution in [1.82, 2.24) is 0 Å². The first kappa shape index (κ1) is 16.8. The topological polar surface area (TPSA) is 68.5 Å². The first-order chi connectivity index (χ1) is 12.6. The fraction of sp³-hybridized carbons (Fsp3) is 0.300. The zero-order chi connectivity index (χ0) is 18.3. The molecule has 0 aliphatic heterocycles. The lowest BCUT2D eigenvalue weighted by atomic mass is 10.1. The Morgan fingerprint density at radius 2 is 2.15 bits per heavy atom. The Labute approximate surface area is 155 Å². The Balaban J connectivity index is 1.59. The van der Waals surface area contributed by atoms with Gasteiger partial charge in [-0.2, -0.15) is 0 Å². The van der Waals surface area contributed by atoms with E-state index in [2.05, 4.69) is 5.32 Å². The zero-order valence-corrected chi connectivity index (χ0v) is 15.5. The maximum absolute atomic E-state index is 12.6. The molecule has 1 aromatic carbocycles. The number of amides is 1. The number of furan rings is 1. The lowest BCUT2D eigenvalue weighted by Gasteiger charge is -2.06. The highest BCUT2D eigenvalue weighted by molar-refractivity contribution is 7.17. The van der Waals surface area contributed by atoms with E-state index in [9.17, 15) is 9.59 Å². The Morgan fingerprint density at radius 1 is 1.31 bits per heavy atom. The Kier molecular flexibility index (Phi) is 4.28. The molecule has 1 amide bonds. The van der Waals surface area contributed by atoms with E-state index < -0.39 is 0 Å². The number of hydrogen-bond donors (Lipinski definition) is 1. The van der Waals surface area contributed by atoms with Crippen LogP contribution in [-0.2, 0) is 28.8 Å². The van der Waals surface area contributed by atoms with E-state index in [-0.39, 0.29) is 18.3 Å². The maximum Gasteiger partial charge on any atom is 0.341 e. The number of rotatable bonds is 4. The highest BCUT2D eigenvalue weighted by Gasteiger charge is 2.28. The molecule has 3 aromatic rings. The number of aryl methyl sites for hydroxylation is 2. The molecule has 1 N–H and O–H groups in total. The van der Waals surface area contributed by atoms with Crippen LogP contribution in [0, 0.1) is 6.92 Å². The van der Waals surface area contributed by atoms with Crippen molar-refractivity contribution in [1.29, 1.82) is 0 Å². The number of carbonyl (C=O) groups excluding carboxylic acids is 2. The average molecular weight is 369 g/mol. The largest absolute Gasteiger partial charge is 0.465 e. The van der Waals surface area contributed by atoms with Crippen LogP contribution >= 0.6 is 11.3 Å². The zero-order valence-electron chi connectivity index (χ0n) is 14.7. The summed E-state index contributed by atoms with van der Waals surface area (Å²) in [4.78, 5) is 26.0. The molecular formula is C20H19NO4S. The quantitative estimate of drug-likeness (QED) is 0.698. The summed E-state index contributed by atoms with van der Waals surface area (Å²) in [5.41, 5.74) is 4.27. The second-order valence-electron chi connectivity index (χ2n) is 6.54. The number of fused-ring (bicyclic) bond motifs is 2. The first-order valence-electron chi connectivity index (χ1n) is 8.56. The number of esters is 1. The Hall–Kier alpha value is -2.60. The van der Waals surface area contributed by atoms with E-state index in [1.807, 2.05) is 25.1 Å². The van der Waals surface area contributed by atoms with Crippen LogP contribution in [0.1, 0.15) is 38.3 Å². The van der Waals surface area contributed by atoms with Gasteiger partial charge in [0.1, 0.15) is 10.6 Å². The van der Waals surface area contributed by atoms with Crippen molar-refractivity contribution in [3.05, 3.63) is 51.6 Å². The molecular weight excluding hydrogens is 350 g/mol. The molecule has 1 aliphatic rings. The van der Waals surface area contributed by atoms with Gasteiger partial charge >= 0.3 is 5.97 Å². The minimum Gasteiger partial charge on any atom is -0.465 e. The predicted molar refractivity (Wildman–Crippen MR) is 101 cm³/mol. The second-order valence-corrected chi connectivity index (χ2v) is 7.64. The van der Waals surface area contributed by atoms with E-state index in [1.54, 1.807) is 6.26 Å². The molecule has 0 unspecified atom stereocenters. The summed E-state index contributed by atoms with van der Waals surface area (Å²) in [7, 11) is 1.37. The summed E-state index contributed by atoms with van der Waals surface area (Å²) in [6, 6.07) is 5.90. The molecule has 0 bridgehead atoms. The number of methoxy groups -OCH3 is 1. The van der Waals surface area contributed by atoms with E-state index in [0.717, 1.165) is 46.9 Å². The molecule has 2 aromatic heterocycles. The van der Waals surface area contributed by atoms with Gasteiger partial charge in [-0.05, 0) is 43.9 Å². The molecule has 2 heterocycles. The summed E-state index contributed by atoms with van der Waals surface area (Å²) >= 11 is 1.48. The Morgan fingerprint density at radius 3 is 2.96 bits per heavy atom. The number of anilines is 1. The van der Waals surface area contributed by atoms with Crippen molar-refractivity contribution in [2.45, 2.75) is 32.6 Å². The van der Waals surface area contributed by atoms with E-state index >= 15 is 0 Å². The number of benzene rings is 1. The predicted octanol–water partition coefficient (Wildman–Crippen LogP) is 4.26. The van der Waals surface area contributed by atoms with Crippen LogP contribution < -0.4 is 5.32 Å². The van der Waals surface area contributed by atoms with Gasteiger partial charge in [0.2, 0.25) is 5.91 Å². The van der Waals surface area contributed by atoms with Gasteiger partial charge < -0.3 is 14.5 Å². The summed E-state index contributed by atoms with van der Waals surface area (Å²) in [6.07, 6.45) is 4.67. The van der Waals surface area contributed by atoms with Crippen molar-refractivity contribution < 1.29 is 18.7 Å². The fourth-order valence-corrected chi connectivity index (χ4v) is 4.78. The minimum atomic E-state index is -0.385. The third kappa shape index (κ3) is 2.90. The van der Waals surface area contributed by atoms with Gasteiger partial charge in [-0.3, -0.25) is 4.79 Å². The number of thiophene rings is 1. The third-order valence-corrected chi connectivity index (χ3v) is 5.93. The molecule has 6 heteroatoms. The monoisotopic (exact) mass is 369 g/mol. The first-order valence-corrected chi connectivity index (χ1v) is 9.38. The summed E-state index contributed by atoms with van der Waals surface area (Å²) in [5, 5.41) is 4.45. The molecule has 0 radical (unpaired) electrons. The molecule has 0 saturated heterocycles. The van der Waals surface area contributed by atoms with Crippen LogP contribution in [0.2, 0.25) is 0 Å². The molecule has 26 heavy (non-hydrogen) atoms. The third-order valence-electron chi connectivity index (χ3n) is 4.72. The van der Waals surface area contributed by atoms with E-state index in [4.69, 9.17) is 9.15 Å². The summed E-state index contributed by atoms with van der Waals surface area (Å²) in [5.74, 6) is -0.552. The summed E-state index contributed by atoms with van der Waals surface area (Å²) < 4.78 is 10.5. The normalized spacial score (nSPS) is 13.0. The van der Waals surface area contributed by atoms with Gasteiger partial charge in [0.05, 0.1) is 25.4 Å². The Bertz CT molecular complexity index is 1010. The van der Waals surface area contributed by atoms with Crippen molar-refractivity contribution >= 4 is 39.2 Å². The molecule has 0 spiro atoms. The molecule has 0 atom stereocenters. The highest BCUT2D eigenvalue weighted by Crippen LogP contribution is 2.39. The number of ether oxygens (including phenoxy) is 1. The smallest absolute Gasteiger partial charge is 0.341 e. The van der Waals surface area contributed by atoms with Gasteiger partial charge in [-0.1, -0.05) is 11.6 Å². The van der Waals surface area contributed by atoms with E-state index in [1.165, 1.54) is 23.3 Å². The molecule has 1 aliphatic carbocycles. The van der Waals surface area contributed by atoms with Gasteiger partial charge in [-0.25, -0.2) is 4.79 Å². The molecule has 0 fully saturated rings. The van der Waals surface area contributed by atoms with Gasteiger partial charge in [-0.15, -0.1) is 11.3 Å². The van der Waals surface area contributed by atoms with Crippen molar-refractivity contribution in [2.24, 2.45) is 0 Å². The van der Waals surface area contributed by atoms with Crippen molar-refractivity contribution in [3.8, 4) is 0 Å². The SMILES string of the molecule is COC(=O)c1c(NC(=O)Cc2coc3ccc(C)cc23)sc2c1CCC2. The van der Waals surface area contributed by atoms with Gasteiger partial charge in [0.15, 0.2) is 0 Å². The van der Waals surface area contributed by atoms with Crippen LogP contribution in [-0.4, -0.2) is 19.0 Å². The molecule has 4 rings (SSSR count). The van der Waals surface area contributed by atoms with Crippen molar-refractivity contribution in [3.63, 3.8) is 0 Å². The second kappa shape index (κ2) is 6.61. The molecule has 5 nitrogen and oxygen atoms in total. The van der Waals surface area contributed by atoms with Crippen LogP contribution in [0.3, 0.4) is 0 Å². The molecule has 0 saturated carbocycles. The molecule has 134 valence electrons. The van der Waals surface area contributed by atoms with Crippen molar-refractivity contribution in [2.75, 3.05) is 12.4 Å². The average Bonchev–Trinajstić information content (AvgIpc) is 3.29. The maximum atomic E-state index is 12.6. The number of carbonyl (C=O) groups is 2. The van der Waals surface area contributed by atoms with Crippen LogP contribution in [0.5, 0.6) is 0 Å². The lowest BCUT2D eigenvalue weighted by Crippen LogP contribution is -2.16. The standard InChI is InChI=1S/C20H19NO4S/c1-11-6-7-15-14(8-11)12(10-25-15)9-17(22)21-19-18(20(23)24-2)13-4-3-5-16(13)26-19/h6-8,10H,3-5,9H2,1-2H3,(H,21,22). The highest BCUT2D eigenvalue weighted by atomic mass is 32.1. The number of nitrogens with one attached hydrogen (secondary N) is 1. The lowest BCUT2D eigenvalue weighted by molar-refractivity contribution is -0.115. The van der Waals surface area contributed by atoms with Gasteiger partial charge in [0, 0.05) is 15.8 Å². The van der Waals surface area contributed by atoms with Crippen LogP contribution in [0.25, 0.3) is 11.0 Å². The van der Waals surface area contributed by atoms with Crippen LogP contribution in [0.15, 0.2) is 28.9 Å². The van der Waals surface area contributed by atoms with Gasteiger partial charge in [0.25, 0.3) is 0 Å². The summed E-state index contributed by atoms with van der Waals surface area (Å²) in [6.45, 7) is 2.01. The number of hydrogen-bond acceptors (Lipinski definition) is 5. The minimum absolute atomic E-state index is 0.167. The van der Waals surface area contributed by atoms with Crippen LogP contribution in [0.4, 0.5) is 5.00 Å². The van der Waals surface area contributed by atoms with E-state index in [0.29, 0.717) is 10.6 Å². The fourth-order valence-electron chi connectivity index (χ4n) is 3.49.